The number of carbonyl (C=O) groups excluding carboxylic acids is 1. The SMILES string of the molecule is CN(C)CCNCc1ccccc1-c1ccc2nc(N)nc(C(=O)N3Cc4ccccc4C3)c2c1. The number of nitrogens with zero attached hydrogens (tertiary/aromatic N) is 4. The monoisotopic (exact) mass is 466 g/mol. The summed E-state index contributed by atoms with van der Waals surface area (Å²) in [5.41, 5.74) is 12.7. The number of aromatic nitrogens is 2. The number of nitrogen functional groups attached to an aromatic ring is 1. The quantitative estimate of drug-likeness (QED) is 0.404. The van der Waals surface area contributed by atoms with Gasteiger partial charge in [0.2, 0.25) is 5.95 Å². The molecule has 3 N–H and O–H groups in total. The maximum Gasteiger partial charge on any atom is 0.273 e. The Morgan fingerprint density at radius 2 is 1.71 bits per heavy atom. The largest absolute Gasteiger partial charge is 0.368 e. The zero-order valence-electron chi connectivity index (χ0n) is 20.2. The predicted octanol–water partition coefficient (Wildman–Crippen LogP) is 3.69. The van der Waals surface area contributed by atoms with Crippen LogP contribution in [0.4, 0.5) is 5.95 Å². The summed E-state index contributed by atoms with van der Waals surface area (Å²) in [6.45, 7) is 3.78. The molecule has 0 spiro atoms. The van der Waals surface area contributed by atoms with Crippen molar-refractivity contribution in [2.45, 2.75) is 19.6 Å². The van der Waals surface area contributed by atoms with Gasteiger partial charge in [0.15, 0.2) is 0 Å². The number of carbonyl (C=O) groups is 1. The van der Waals surface area contributed by atoms with Crippen LogP contribution in [0.5, 0.6) is 0 Å². The second-order valence-corrected chi connectivity index (χ2v) is 9.23. The minimum atomic E-state index is -0.129. The highest BCUT2D eigenvalue weighted by atomic mass is 16.2. The van der Waals surface area contributed by atoms with Gasteiger partial charge in [-0.25, -0.2) is 9.97 Å². The number of amides is 1. The van der Waals surface area contributed by atoms with E-state index in [0.29, 0.717) is 29.7 Å². The van der Waals surface area contributed by atoms with E-state index in [1.54, 1.807) is 0 Å². The first-order valence-electron chi connectivity index (χ1n) is 11.9. The molecule has 7 heteroatoms. The van der Waals surface area contributed by atoms with E-state index in [1.165, 1.54) is 16.7 Å². The normalized spacial score (nSPS) is 12.9. The van der Waals surface area contributed by atoms with E-state index < -0.39 is 0 Å². The van der Waals surface area contributed by atoms with Gasteiger partial charge in [-0.1, -0.05) is 54.6 Å². The van der Waals surface area contributed by atoms with Crippen molar-refractivity contribution in [2.75, 3.05) is 32.9 Å². The summed E-state index contributed by atoms with van der Waals surface area (Å²) < 4.78 is 0. The van der Waals surface area contributed by atoms with E-state index >= 15 is 0 Å². The lowest BCUT2D eigenvalue weighted by molar-refractivity contribution is 0.0747. The van der Waals surface area contributed by atoms with Gasteiger partial charge in [0, 0.05) is 38.1 Å². The van der Waals surface area contributed by atoms with Crippen molar-refractivity contribution in [1.29, 1.82) is 0 Å². The molecule has 35 heavy (non-hydrogen) atoms. The molecule has 0 radical (unpaired) electrons. The van der Waals surface area contributed by atoms with E-state index in [1.807, 2.05) is 41.3 Å². The Morgan fingerprint density at radius 1 is 1.00 bits per heavy atom. The molecule has 178 valence electrons. The van der Waals surface area contributed by atoms with Crippen molar-refractivity contribution >= 4 is 22.8 Å². The lowest BCUT2D eigenvalue weighted by Crippen LogP contribution is -2.27. The zero-order chi connectivity index (χ0) is 24.4. The molecule has 0 saturated heterocycles. The van der Waals surface area contributed by atoms with Gasteiger partial charge in [-0.3, -0.25) is 4.79 Å². The summed E-state index contributed by atoms with van der Waals surface area (Å²) in [5.74, 6) is -0.0214. The van der Waals surface area contributed by atoms with Gasteiger partial charge in [-0.15, -0.1) is 0 Å². The highest BCUT2D eigenvalue weighted by Gasteiger charge is 2.27. The molecule has 0 saturated carbocycles. The van der Waals surface area contributed by atoms with Crippen molar-refractivity contribution < 1.29 is 4.79 Å². The van der Waals surface area contributed by atoms with Crippen LogP contribution in [0.1, 0.15) is 27.2 Å². The second-order valence-electron chi connectivity index (χ2n) is 9.23. The van der Waals surface area contributed by atoms with E-state index in [-0.39, 0.29) is 11.9 Å². The first-order valence-corrected chi connectivity index (χ1v) is 11.9. The molecule has 0 aliphatic carbocycles. The molecule has 3 aromatic carbocycles. The Bertz CT molecular complexity index is 1360. The number of benzene rings is 3. The summed E-state index contributed by atoms with van der Waals surface area (Å²) in [6, 6.07) is 22.5. The van der Waals surface area contributed by atoms with Crippen LogP contribution in [0.15, 0.2) is 66.7 Å². The Morgan fingerprint density at radius 3 is 2.46 bits per heavy atom. The number of anilines is 1. The van der Waals surface area contributed by atoms with Gasteiger partial charge in [-0.2, -0.15) is 0 Å². The second kappa shape index (κ2) is 9.82. The van der Waals surface area contributed by atoms with Crippen LogP contribution in [-0.4, -0.2) is 52.9 Å². The first kappa shape index (κ1) is 23.0. The Balaban J connectivity index is 1.48. The molecule has 1 aliphatic heterocycles. The Labute approximate surface area is 205 Å². The summed E-state index contributed by atoms with van der Waals surface area (Å²) in [6.07, 6.45) is 0. The van der Waals surface area contributed by atoms with Crippen LogP contribution in [0, 0.1) is 0 Å². The van der Waals surface area contributed by atoms with Crippen molar-refractivity contribution in [1.82, 2.24) is 25.1 Å². The molecule has 0 bridgehead atoms. The molecule has 0 unspecified atom stereocenters. The molecule has 7 nitrogen and oxygen atoms in total. The number of rotatable bonds is 7. The molecule has 0 atom stereocenters. The Kier molecular flexibility index (Phi) is 6.44. The van der Waals surface area contributed by atoms with Gasteiger partial charge in [-0.05, 0) is 54.0 Å². The molecule has 1 amide bonds. The van der Waals surface area contributed by atoms with Crippen LogP contribution in [-0.2, 0) is 19.6 Å². The zero-order valence-corrected chi connectivity index (χ0v) is 20.2. The van der Waals surface area contributed by atoms with Gasteiger partial charge in [0.05, 0.1) is 5.52 Å². The van der Waals surface area contributed by atoms with Crippen LogP contribution in [0.25, 0.3) is 22.0 Å². The highest BCUT2D eigenvalue weighted by Crippen LogP contribution is 2.30. The molecule has 1 aliphatic rings. The number of hydrogen-bond donors (Lipinski definition) is 2. The summed E-state index contributed by atoms with van der Waals surface area (Å²) >= 11 is 0. The average molecular weight is 467 g/mol. The molecule has 5 rings (SSSR count). The van der Waals surface area contributed by atoms with Crippen molar-refractivity contribution in [3.8, 4) is 11.1 Å². The van der Waals surface area contributed by atoms with Crippen LogP contribution < -0.4 is 11.1 Å². The third kappa shape index (κ3) is 4.87. The standard InChI is InChI=1S/C28H30N6O/c1-33(2)14-13-30-16-20-7-5-6-10-23(20)19-11-12-25-24(15-19)26(32-28(29)31-25)27(35)34-17-21-8-3-4-9-22(21)18-34/h3-12,15,30H,13-14,16-18H2,1-2H3,(H2,29,31,32). The summed E-state index contributed by atoms with van der Waals surface area (Å²) in [5, 5.41) is 4.24. The van der Waals surface area contributed by atoms with Crippen molar-refractivity contribution in [3.63, 3.8) is 0 Å². The lowest BCUT2D eigenvalue weighted by Gasteiger charge is -2.17. The molecule has 0 fully saturated rings. The smallest absolute Gasteiger partial charge is 0.273 e. The van der Waals surface area contributed by atoms with E-state index in [9.17, 15) is 4.79 Å². The Hall–Kier alpha value is -3.81. The fourth-order valence-corrected chi connectivity index (χ4v) is 4.59. The number of nitrogens with two attached hydrogens (primary N) is 1. The molecular formula is C28H30N6O. The third-order valence-electron chi connectivity index (χ3n) is 6.42. The fraction of sp³-hybridized carbons (Fsp3) is 0.250. The maximum atomic E-state index is 13.6. The number of likely N-dealkylation sites (N-methyl/N-ethyl adjacent to an activating group) is 1. The van der Waals surface area contributed by atoms with E-state index in [4.69, 9.17) is 5.73 Å². The van der Waals surface area contributed by atoms with Crippen molar-refractivity contribution in [3.05, 3.63) is 89.1 Å². The molecular weight excluding hydrogens is 436 g/mol. The first-order chi connectivity index (χ1) is 17.0. The number of fused-ring (bicyclic) bond motifs is 2. The predicted molar refractivity (Wildman–Crippen MR) is 140 cm³/mol. The van der Waals surface area contributed by atoms with E-state index in [2.05, 4.69) is 64.6 Å². The summed E-state index contributed by atoms with van der Waals surface area (Å²) in [4.78, 5) is 26.4. The summed E-state index contributed by atoms with van der Waals surface area (Å²) in [7, 11) is 4.14. The fourth-order valence-electron chi connectivity index (χ4n) is 4.59. The third-order valence-corrected chi connectivity index (χ3v) is 6.42. The van der Waals surface area contributed by atoms with Gasteiger partial charge >= 0.3 is 0 Å². The van der Waals surface area contributed by atoms with Crippen molar-refractivity contribution in [2.24, 2.45) is 0 Å². The average Bonchev–Trinajstić information content (AvgIpc) is 3.30. The van der Waals surface area contributed by atoms with Gasteiger partial charge < -0.3 is 20.9 Å². The number of nitrogens with one attached hydrogen (secondary N) is 1. The van der Waals surface area contributed by atoms with E-state index in [0.717, 1.165) is 30.8 Å². The van der Waals surface area contributed by atoms with Gasteiger partial charge in [0.25, 0.3) is 5.91 Å². The van der Waals surface area contributed by atoms with Crippen LogP contribution in [0.3, 0.4) is 0 Å². The molecule has 4 aromatic rings. The lowest BCUT2D eigenvalue weighted by atomic mass is 9.97. The highest BCUT2D eigenvalue weighted by molar-refractivity contribution is 6.05. The minimum Gasteiger partial charge on any atom is -0.368 e. The van der Waals surface area contributed by atoms with Crippen LogP contribution in [0.2, 0.25) is 0 Å². The van der Waals surface area contributed by atoms with Gasteiger partial charge in [0.1, 0.15) is 5.69 Å². The molecule has 1 aromatic heterocycles. The van der Waals surface area contributed by atoms with Crippen LogP contribution >= 0.6 is 0 Å². The maximum absolute atomic E-state index is 13.6. The topological polar surface area (TPSA) is 87.4 Å². The molecule has 2 heterocycles. The minimum absolute atomic E-state index is 0.107. The number of hydrogen-bond acceptors (Lipinski definition) is 6.